The summed E-state index contributed by atoms with van der Waals surface area (Å²) in [6, 6.07) is 0. The van der Waals surface area contributed by atoms with Crippen LogP contribution in [0.25, 0.3) is 0 Å². The fourth-order valence-electron chi connectivity index (χ4n) is 0.366. The molecule has 0 aromatic heterocycles. The second-order valence-electron chi connectivity index (χ2n) is 2.35. The van der Waals surface area contributed by atoms with Gasteiger partial charge in [-0.15, -0.1) is 0 Å². The highest BCUT2D eigenvalue weighted by Gasteiger charge is 2.13. The molecule has 1 N–H and O–H groups in total. The lowest BCUT2D eigenvalue weighted by Gasteiger charge is -2.07. The summed E-state index contributed by atoms with van der Waals surface area (Å²) in [5.41, 5.74) is 0. The monoisotopic (exact) mass is 164 g/mol. The van der Waals surface area contributed by atoms with Crippen LogP contribution in [0.1, 0.15) is 20.8 Å². The number of rotatable bonds is 4. The van der Waals surface area contributed by atoms with Crippen LogP contribution in [0.5, 0.6) is 0 Å². The molecule has 0 aliphatic heterocycles. The highest BCUT2D eigenvalue weighted by Crippen LogP contribution is 1.94. The molecule has 3 nitrogen and oxygen atoms in total. The van der Waals surface area contributed by atoms with Crippen molar-refractivity contribution in [2.24, 2.45) is 0 Å². The Kier molecular flexibility index (Phi) is 3.89. The minimum absolute atomic E-state index is 0.340. The predicted octanol–water partition coefficient (Wildman–Crippen LogP) is 0.538. The van der Waals surface area contributed by atoms with Crippen LogP contribution in [0.4, 0.5) is 0 Å². The Labute approximate surface area is 62.9 Å². The highest BCUT2D eigenvalue weighted by atomic mass is 32.2. The third-order valence-electron chi connectivity index (χ3n) is 1.11. The second-order valence-corrected chi connectivity index (χ2v) is 4.67. The second kappa shape index (κ2) is 3.93. The van der Waals surface area contributed by atoms with Gasteiger partial charge in [0.05, 0.1) is 5.25 Å². The van der Waals surface area contributed by atoms with E-state index in [0.717, 1.165) is 0 Å². The van der Waals surface area contributed by atoms with Gasteiger partial charge in [-0.3, -0.25) is 0 Å². The Morgan fingerprint density at radius 3 is 2.30 bits per heavy atom. The zero-order valence-electron chi connectivity index (χ0n) is 6.59. The molecule has 0 saturated carbocycles. The SMILES string of the molecule is C[CH]CNS(=O)(=O)C(C)C. The summed E-state index contributed by atoms with van der Waals surface area (Å²) in [6.45, 7) is 5.53. The van der Waals surface area contributed by atoms with Gasteiger partial charge in [-0.2, -0.15) is 0 Å². The first-order valence-electron chi connectivity index (χ1n) is 3.27. The van der Waals surface area contributed by atoms with Gasteiger partial charge in [-0.25, -0.2) is 13.1 Å². The fraction of sp³-hybridized carbons (Fsp3) is 0.833. The normalized spacial score (nSPS) is 12.4. The van der Waals surface area contributed by atoms with Crippen LogP contribution in [0.3, 0.4) is 0 Å². The van der Waals surface area contributed by atoms with Crippen molar-refractivity contribution in [3.8, 4) is 0 Å². The molecule has 0 rings (SSSR count). The van der Waals surface area contributed by atoms with Gasteiger partial charge >= 0.3 is 0 Å². The van der Waals surface area contributed by atoms with Crippen molar-refractivity contribution in [3.63, 3.8) is 0 Å². The number of nitrogens with one attached hydrogen (secondary N) is 1. The topological polar surface area (TPSA) is 46.2 Å². The molecule has 0 unspecified atom stereocenters. The Hall–Kier alpha value is -0.0900. The van der Waals surface area contributed by atoms with E-state index in [-0.39, 0.29) is 5.25 Å². The Morgan fingerprint density at radius 2 is 2.00 bits per heavy atom. The summed E-state index contributed by atoms with van der Waals surface area (Å²) in [7, 11) is -3.04. The van der Waals surface area contributed by atoms with E-state index in [1.165, 1.54) is 0 Å². The molecule has 0 aromatic carbocycles. The van der Waals surface area contributed by atoms with Crippen LogP contribution >= 0.6 is 0 Å². The summed E-state index contributed by atoms with van der Waals surface area (Å²) in [5, 5.41) is -0.340. The van der Waals surface area contributed by atoms with Gasteiger partial charge in [0, 0.05) is 6.54 Å². The van der Waals surface area contributed by atoms with E-state index in [1.54, 1.807) is 20.3 Å². The molecule has 0 amide bonds. The van der Waals surface area contributed by atoms with Crippen LogP contribution in [-0.4, -0.2) is 20.2 Å². The first-order chi connectivity index (χ1) is 4.50. The van der Waals surface area contributed by atoms with Crippen LogP contribution < -0.4 is 4.72 Å². The number of hydrogen-bond acceptors (Lipinski definition) is 2. The van der Waals surface area contributed by atoms with E-state index >= 15 is 0 Å². The zero-order chi connectivity index (χ0) is 8.20. The number of sulfonamides is 1. The van der Waals surface area contributed by atoms with Gasteiger partial charge in [0.1, 0.15) is 0 Å². The molecule has 0 fully saturated rings. The van der Waals surface area contributed by atoms with Crippen molar-refractivity contribution in [2.75, 3.05) is 6.54 Å². The van der Waals surface area contributed by atoms with Crippen LogP contribution in [0.15, 0.2) is 0 Å². The zero-order valence-corrected chi connectivity index (χ0v) is 7.40. The van der Waals surface area contributed by atoms with Gasteiger partial charge in [-0.1, -0.05) is 6.92 Å². The number of hydrogen-bond donors (Lipinski definition) is 1. The van der Waals surface area contributed by atoms with E-state index in [4.69, 9.17) is 0 Å². The molecule has 0 aliphatic rings. The van der Waals surface area contributed by atoms with E-state index in [9.17, 15) is 8.42 Å². The minimum atomic E-state index is -3.04. The molecule has 0 aliphatic carbocycles. The van der Waals surface area contributed by atoms with Gasteiger partial charge in [0.15, 0.2) is 0 Å². The maximum atomic E-state index is 11.0. The summed E-state index contributed by atoms with van der Waals surface area (Å²) in [6.07, 6.45) is 1.76. The lowest BCUT2D eigenvalue weighted by molar-refractivity contribution is 0.575. The summed E-state index contributed by atoms with van der Waals surface area (Å²) in [4.78, 5) is 0. The Bertz CT molecular complexity index is 172. The average molecular weight is 164 g/mol. The molecule has 0 saturated heterocycles. The molecule has 0 aromatic rings. The van der Waals surface area contributed by atoms with Crippen molar-refractivity contribution in [1.29, 1.82) is 0 Å². The molecule has 0 atom stereocenters. The van der Waals surface area contributed by atoms with E-state index in [2.05, 4.69) is 4.72 Å². The van der Waals surface area contributed by atoms with Gasteiger partial charge in [-0.05, 0) is 20.3 Å². The molecule has 4 heteroatoms. The third-order valence-corrected chi connectivity index (χ3v) is 2.92. The average Bonchev–Trinajstić information content (AvgIpc) is 1.84. The first kappa shape index (κ1) is 9.91. The summed E-state index contributed by atoms with van der Waals surface area (Å²) >= 11 is 0. The van der Waals surface area contributed by atoms with Gasteiger partial charge in [0.25, 0.3) is 0 Å². The molecular weight excluding hydrogens is 150 g/mol. The maximum absolute atomic E-state index is 11.0. The minimum Gasteiger partial charge on any atom is -0.215 e. The largest absolute Gasteiger partial charge is 0.215 e. The standard InChI is InChI=1S/C6H14NO2S/c1-4-5-7-10(8,9)6(2)3/h4,6-7H,5H2,1-3H3. The smallest absolute Gasteiger partial charge is 0.213 e. The Morgan fingerprint density at radius 1 is 1.50 bits per heavy atom. The van der Waals surface area contributed by atoms with E-state index in [0.29, 0.717) is 6.54 Å². The quantitative estimate of drug-likeness (QED) is 0.659. The molecule has 0 bridgehead atoms. The van der Waals surface area contributed by atoms with Gasteiger partial charge < -0.3 is 0 Å². The third kappa shape index (κ3) is 3.17. The van der Waals surface area contributed by atoms with Crippen molar-refractivity contribution < 1.29 is 8.42 Å². The molecule has 0 spiro atoms. The van der Waals surface area contributed by atoms with Crippen LogP contribution in [0, 0.1) is 6.42 Å². The molecule has 61 valence electrons. The van der Waals surface area contributed by atoms with E-state index in [1.807, 2.05) is 6.92 Å². The Balaban J connectivity index is 3.90. The molecular formula is C6H14NO2S. The fourth-order valence-corrected chi connectivity index (χ4v) is 1.10. The van der Waals surface area contributed by atoms with Crippen molar-refractivity contribution >= 4 is 10.0 Å². The molecule has 10 heavy (non-hydrogen) atoms. The van der Waals surface area contributed by atoms with Crippen molar-refractivity contribution in [1.82, 2.24) is 4.72 Å². The van der Waals surface area contributed by atoms with Crippen LogP contribution in [-0.2, 0) is 10.0 Å². The van der Waals surface area contributed by atoms with Crippen molar-refractivity contribution in [2.45, 2.75) is 26.0 Å². The molecule has 0 heterocycles. The first-order valence-corrected chi connectivity index (χ1v) is 4.81. The summed E-state index contributed by atoms with van der Waals surface area (Å²) in [5.74, 6) is 0. The maximum Gasteiger partial charge on any atom is 0.213 e. The highest BCUT2D eigenvalue weighted by molar-refractivity contribution is 7.90. The van der Waals surface area contributed by atoms with Crippen molar-refractivity contribution in [3.05, 3.63) is 6.42 Å². The van der Waals surface area contributed by atoms with Crippen LogP contribution in [0.2, 0.25) is 0 Å². The molecule has 1 radical (unpaired) electrons. The lowest BCUT2D eigenvalue weighted by atomic mass is 10.5. The summed E-state index contributed by atoms with van der Waals surface area (Å²) < 4.78 is 24.3. The van der Waals surface area contributed by atoms with Gasteiger partial charge in [0.2, 0.25) is 10.0 Å². The lowest BCUT2D eigenvalue weighted by Crippen LogP contribution is -2.31. The van der Waals surface area contributed by atoms with E-state index < -0.39 is 10.0 Å². The predicted molar refractivity (Wildman–Crippen MR) is 42.0 cm³/mol.